The summed E-state index contributed by atoms with van der Waals surface area (Å²) in [5, 5.41) is 10.3. The van der Waals surface area contributed by atoms with Crippen LogP contribution < -0.4 is 0 Å². The van der Waals surface area contributed by atoms with E-state index in [2.05, 4.69) is 6.92 Å². The molecule has 0 spiro atoms. The number of ether oxygens (including phenoxy) is 1. The molecule has 0 aliphatic heterocycles. The summed E-state index contributed by atoms with van der Waals surface area (Å²) in [6.07, 6.45) is 13.5. The third-order valence-electron chi connectivity index (χ3n) is 4.37. The maximum absolute atomic E-state index is 10.3. The second-order valence-electron chi connectivity index (χ2n) is 5.87. The molecule has 1 aliphatic rings. The highest BCUT2D eigenvalue weighted by Crippen LogP contribution is 2.30. The smallest absolute Gasteiger partial charge is 0.0858 e. The monoisotopic (exact) mass is 256 g/mol. The van der Waals surface area contributed by atoms with Gasteiger partial charge in [0.25, 0.3) is 0 Å². The molecule has 1 rings (SSSR count). The molecule has 2 heteroatoms. The second kappa shape index (κ2) is 9.80. The molecule has 0 aromatic rings. The maximum atomic E-state index is 10.3. The molecule has 2 nitrogen and oxygen atoms in total. The maximum Gasteiger partial charge on any atom is 0.0858 e. The molecular formula is C16H32O2. The Morgan fingerprint density at radius 1 is 1.06 bits per heavy atom. The lowest BCUT2D eigenvalue weighted by Crippen LogP contribution is -2.36. The summed E-state index contributed by atoms with van der Waals surface area (Å²) >= 11 is 0. The van der Waals surface area contributed by atoms with E-state index >= 15 is 0 Å². The fourth-order valence-electron chi connectivity index (χ4n) is 3.25. The molecule has 108 valence electrons. The van der Waals surface area contributed by atoms with E-state index in [-0.39, 0.29) is 12.2 Å². The highest BCUT2D eigenvalue weighted by Gasteiger charge is 2.28. The number of aliphatic hydroxyl groups is 1. The lowest BCUT2D eigenvalue weighted by Gasteiger charge is -2.32. The first-order valence-corrected chi connectivity index (χ1v) is 8.00. The van der Waals surface area contributed by atoms with Gasteiger partial charge in [-0.25, -0.2) is 0 Å². The van der Waals surface area contributed by atoms with E-state index < -0.39 is 0 Å². The predicted molar refractivity (Wildman–Crippen MR) is 76.8 cm³/mol. The van der Waals surface area contributed by atoms with Crippen molar-refractivity contribution < 1.29 is 9.84 Å². The van der Waals surface area contributed by atoms with Crippen LogP contribution in [0.1, 0.15) is 77.6 Å². The van der Waals surface area contributed by atoms with Gasteiger partial charge in [-0.15, -0.1) is 0 Å². The minimum Gasteiger partial charge on any atom is -0.390 e. The van der Waals surface area contributed by atoms with Crippen LogP contribution in [0.25, 0.3) is 0 Å². The summed E-state index contributed by atoms with van der Waals surface area (Å²) in [7, 11) is 1.76. The second-order valence-corrected chi connectivity index (χ2v) is 5.87. The standard InChI is InChI=1S/C16H32O2/c1-3-4-5-6-10-13-15(17)16(18-2)14-11-8-7-9-12-14/h14-17H,3-13H2,1-2H3. The van der Waals surface area contributed by atoms with Crippen molar-refractivity contribution in [2.75, 3.05) is 7.11 Å². The van der Waals surface area contributed by atoms with Crippen LogP contribution in [0, 0.1) is 5.92 Å². The summed E-state index contributed by atoms with van der Waals surface area (Å²) in [4.78, 5) is 0. The number of unbranched alkanes of at least 4 members (excludes halogenated alkanes) is 4. The first-order valence-electron chi connectivity index (χ1n) is 8.00. The Labute approximate surface area is 113 Å². The highest BCUT2D eigenvalue weighted by atomic mass is 16.5. The third-order valence-corrected chi connectivity index (χ3v) is 4.37. The normalized spacial score (nSPS) is 20.8. The van der Waals surface area contributed by atoms with Crippen molar-refractivity contribution in [3.05, 3.63) is 0 Å². The summed E-state index contributed by atoms with van der Waals surface area (Å²) < 4.78 is 5.58. The van der Waals surface area contributed by atoms with E-state index in [9.17, 15) is 5.11 Å². The van der Waals surface area contributed by atoms with Crippen LogP contribution in [0.4, 0.5) is 0 Å². The molecule has 0 heterocycles. The summed E-state index contributed by atoms with van der Waals surface area (Å²) in [5.41, 5.74) is 0. The van der Waals surface area contributed by atoms with E-state index in [0.29, 0.717) is 5.92 Å². The predicted octanol–water partition coefficient (Wildman–Crippen LogP) is 4.30. The zero-order valence-corrected chi connectivity index (χ0v) is 12.4. The Morgan fingerprint density at radius 3 is 2.33 bits per heavy atom. The van der Waals surface area contributed by atoms with Crippen molar-refractivity contribution in [1.29, 1.82) is 0 Å². The van der Waals surface area contributed by atoms with Gasteiger partial charge in [0.05, 0.1) is 12.2 Å². The number of methoxy groups -OCH3 is 1. The molecule has 1 fully saturated rings. The number of hydrogen-bond donors (Lipinski definition) is 1. The van der Waals surface area contributed by atoms with E-state index in [1.807, 2.05) is 0 Å². The quantitative estimate of drug-likeness (QED) is 0.623. The summed E-state index contributed by atoms with van der Waals surface area (Å²) in [6, 6.07) is 0. The van der Waals surface area contributed by atoms with Crippen LogP contribution in [0.2, 0.25) is 0 Å². The molecule has 18 heavy (non-hydrogen) atoms. The fraction of sp³-hybridized carbons (Fsp3) is 1.00. The molecule has 1 N–H and O–H groups in total. The van der Waals surface area contributed by atoms with Crippen molar-refractivity contribution >= 4 is 0 Å². The van der Waals surface area contributed by atoms with Crippen LogP contribution in [0.15, 0.2) is 0 Å². The molecule has 2 unspecified atom stereocenters. The molecule has 0 amide bonds. The Bertz CT molecular complexity index is 188. The highest BCUT2D eigenvalue weighted by molar-refractivity contribution is 4.80. The van der Waals surface area contributed by atoms with Gasteiger partial charge in [-0.2, -0.15) is 0 Å². The Kier molecular flexibility index (Phi) is 8.70. The van der Waals surface area contributed by atoms with E-state index in [1.165, 1.54) is 57.8 Å². The van der Waals surface area contributed by atoms with Gasteiger partial charge in [0.15, 0.2) is 0 Å². The van der Waals surface area contributed by atoms with Gasteiger partial charge in [-0.1, -0.05) is 58.3 Å². The lowest BCUT2D eigenvalue weighted by atomic mass is 9.82. The molecule has 1 aliphatic carbocycles. The average molecular weight is 256 g/mol. The first kappa shape index (κ1) is 16.0. The SMILES string of the molecule is CCCCCCCC(O)C(OC)C1CCCCC1. The van der Waals surface area contributed by atoms with Gasteiger partial charge in [0, 0.05) is 7.11 Å². The summed E-state index contributed by atoms with van der Waals surface area (Å²) in [6.45, 7) is 2.23. The zero-order valence-electron chi connectivity index (χ0n) is 12.4. The van der Waals surface area contributed by atoms with Crippen molar-refractivity contribution in [3.63, 3.8) is 0 Å². The molecule has 2 atom stereocenters. The minimum absolute atomic E-state index is 0.0801. The Hall–Kier alpha value is -0.0800. The van der Waals surface area contributed by atoms with Crippen molar-refractivity contribution in [1.82, 2.24) is 0 Å². The van der Waals surface area contributed by atoms with Crippen LogP contribution in [0.5, 0.6) is 0 Å². The third kappa shape index (κ3) is 5.71. The summed E-state index contributed by atoms with van der Waals surface area (Å²) in [5.74, 6) is 0.592. The molecule has 0 aromatic heterocycles. The van der Waals surface area contributed by atoms with Gasteiger partial charge in [-0.05, 0) is 25.2 Å². The van der Waals surface area contributed by atoms with Crippen LogP contribution in [-0.2, 0) is 4.74 Å². The average Bonchev–Trinajstić information content (AvgIpc) is 2.40. The van der Waals surface area contributed by atoms with Crippen molar-refractivity contribution in [2.45, 2.75) is 89.8 Å². The first-order chi connectivity index (χ1) is 8.79. The lowest BCUT2D eigenvalue weighted by molar-refractivity contribution is -0.0577. The van der Waals surface area contributed by atoms with E-state index in [0.717, 1.165) is 12.8 Å². The van der Waals surface area contributed by atoms with Gasteiger partial charge < -0.3 is 9.84 Å². The largest absolute Gasteiger partial charge is 0.390 e. The molecule has 1 saturated carbocycles. The van der Waals surface area contributed by atoms with Gasteiger partial charge in [0.1, 0.15) is 0 Å². The van der Waals surface area contributed by atoms with Gasteiger partial charge in [0.2, 0.25) is 0 Å². The van der Waals surface area contributed by atoms with Crippen molar-refractivity contribution in [3.8, 4) is 0 Å². The fourth-order valence-corrected chi connectivity index (χ4v) is 3.25. The van der Waals surface area contributed by atoms with Gasteiger partial charge in [-0.3, -0.25) is 0 Å². The van der Waals surface area contributed by atoms with Gasteiger partial charge >= 0.3 is 0 Å². The number of hydrogen-bond acceptors (Lipinski definition) is 2. The Balaban J connectivity index is 2.21. The molecule has 0 saturated heterocycles. The molecule has 0 aromatic carbocycles. The zero-order chi connectivity index (χ0) is 13.2. The van der Waals surface area contributed by atoms with Crippen molar-refractivity contribution in [2.24, 2.45) is 5.92 Å². The molecule has 0 radical (unpaired) electrons. The minimum atomic E-state index is -0.250. The number of rotatable bonds is 9. The van der Waals surface area contributed by atoms with Crippen LogP contribution in [0.3, 0.4) is 0 Å². The molecule has 0 bridgehead atoms. The van der Waals surface area contributed by atoms with Crippen LogP contribution >= 0.6 is 0 Å². The van der Waals surface area contributed by atoms with E-state index in [4.69, 9.17) is 4.74 Å². The van der Waals surface area contributed by atoms with Crippen LogP contribution in [-0.4, -0.2) is 24.4 Å². The molecular weight excluding hydrogens is 224 g/mol. The topological polar surface area (TPSA) is 29.5 Å². The number of aliphatic hydroxyl groups excluding tert-OH is 1. The Morgan fingerprint density at radius 2 is 1.72 bits per heavy atom. The van der Waals surface area contributed by atoms with E-state index in [1.54, 1.807) is 7.11 Å².